The van der Waals surface area contributed by atoms with E-state index in [9.17, 15) is 0 Å². The van der Waals surface area contributed by atoms with Crippen LogP contribution in [0.1, 0.15) is 17.0 Å². The molecule has 6 heteroatoms. The Balaban J connectivity index is 1.44. The molecule has 0 aliphatic rings. The Morgan fingerprint density at radius 3 is 2.79 bits per heavy atom. The number of nitrogens with zero attached hydrogens (tertiary/aromatic N) is 6. The van der Waals surface area contributed by atoms with E-state index < -0.39 is 0 Å². The third-order valence-electron chi connectivity index (χ3n) is 4.92. The van der Waals surface area contributed by atoms with Crippen molar-refractivity contribution in [2.24, 2.45) is 0 Å². The van der Waals surface area contributed by atoms with Crippen molar-refractivity contribution in [3.63, 3.8) is 0 Å². The van der Waals surface area contributed by atoms with Gasteiger partial charge in [-0.05, 0) is 54.4 Å². The number of rotatable bonds is 4. The first-order valence-corrected chi connectivity index (χ1v) is 9.36. The zero-order chi connectivity index (χ0) is 19.6. The molecule has 138 valence electrons. The number of hydrogen-bond acceptors (Lipinski definition) is 5. The summed E-state index contributed by atoms with van der Waals surface area (Å²) in [5, 5.41) is 23.5. The van der Waals surface area contributed by atoms with Crippen LogP contribution in [0.5, 0.6) is 0 Å². The minimum Gasteiger partial charge on any atom is -0.256 e. The second-order valence-corrected chi connectivity index (χ2v) is 6.83. The predicted octanol–water partition coefficient (Wildman–Crippen LogP) is 4.00. The molecule has 0 N–H and O–H groups in total. The van der Waals surface area contributed by atoms with Gasteiger partial charge in [-0.2, -0.15) is 14.9 Å². The maximum atomic E-state index is 9.14. The lowest BCUT2D eigenvalue weighted by atomic mass is 10.1. The fourth-order valence-corrected chi connectivity index (χ4v) is 3.43. The summed E-state index contributed by atoms with van der Waals surface area (Å²) in [6.07, 6.45) is 3.36. The van der Waals surface area contributed by atoms with Gasteiger partial charge in [-0.1, -0.05) is 24.3 Å². The Morgan fingerprint density at radius 2 is 1.86 bits per heavy atom. The monoisotopic (exact) mass is 376 g/mol. The van der Waals surface area contributed by atoms with E-state index in [-0.39, 0.29) is 0 Å². The van der Waals surface area contributed by atoms with Crippen LogP contribution in [-0.4, -0.2) is 24.8 Å². The number of aromatic nitrogens is 5. The summed E-state index contributed by atoms with van der Waals surface area (Å²) < 4.78 is 1.79. The lowest BCUT2D eigenvalue weighted by Crippen LogP contribution is -2.02. The van der Waals surface area contributed by atoms with Crippen molar-refractivity contribution in [2.45, 2.75) is 12.8 Å². The Kier molecular flexibility index (Phi) is 4.19. The lowest BCUT2D eigenvalue weighted by molar-refractivity contribution is 0.786. The molecule has 0 saturated heterocycles. The molecule has 3 heterocycles. The van der Waals surface area contributed by atoms with Gasteiger partial charge in [0.05, 0.1) is 22.8 Å². The van der Waals surface area contributed by atoms with Crippen molar-refractivity contribution >= 4 is 16.6 Å². The van der Waals surface area contributed by atoms with Gasteiger partial charge in [0.25, 0.3) is 0 Å². The molecule has 0 fully saturated rings. The van der Waals surface area contributed by atoms with Gasteiger partial charge in [-0.3, -0.25) is 4.98 Å². The van der Waals surface area contributed by atoms with E-state index in [1.54, 1.807) is 16.8 Å². The Labute approximate surface area is 167 Å². The van der Waals surface area contributed by atoms with Gasteiger partial charge in [0.15, 0.2) is 11.5 Å². The quantitative estimate of drug-likeness (QED) is 0.474. The highest BCUT2D eigenvalue weighted by Crippen LogP contribution is 2.19. The zero-order valence-electron chi connectivity index (χ0n) is 15.5. The Morgan fingerprint density at radius 1 is 0.897 bits per heavy atom. The van der Waals surface area contributed by atoms with Crippen molar-refractivity contribution in [1.82, 2.24) is 24.8 Å². The third kappa shape index (κ3) is 3.30. The van der Waals surface area contributed by atoms with Gasteiger partial charge in [-0.15, -0.1) is 10.2 Å². The third-order valence-corrected chi connectivity index (χ3v) is 4.92. The number of benzene rings is 2. The highest BCUT2D eigenvalue weighted by Gasteiger charge is 2.10. The highest BCUT2D eigenvalue weighted by atomic mass is 15.4. The van der Waals surface area contributed by atoms with Gasteiger partial charge < -0.3 is 0 Å². The molecule has 0 amide bonds. The van der Waals surface area contributed by atoms with E-state index in [4.69, 9.17) is 10.4 Å². The molecule has 5 aromatic rings. The van der Waals surface area contributed by atoms with Crippen LogP contribution in [0.15, 0.2) is 72.9 Å². The Hall–Kier alpha value is -4.11. The maximum Gasteiger partial charge on any atom is 0.177 e. The van der Waals surface area contributed by atoms with Crippen molar-refractivity contribution in [3.8, 4) is 17.3 Å². The Bertz CT molecular complexity index is 1380. The van der Waals surface area contributed by atoms with Crippen LogP contribution in [0, 0.1) is 11.3 Å². The summed E-state index contributed by atoms with van der Waals surface area (Å²) in [5.74, 6) is 0.810. The molecule has 0 aliphatic heterocycles. The van der Waals surface area contributed by atoms with Gasteiger partial charge in [0, 0.05) is 23.6 Å². The van der Waals surface area contributed by atoms with Crippen LogP contribution in [0.25, 0.3) is 27.8 Å². The van der Waals surface area contributed by atoms with Crippen LogP contribution in [0.4, 0.5) is 0 Å². The molecule has 3 aromatic heterocycles. The molecule has 0 unspecified atom stereocenters. The molecular formula is C23H16N6. The predicted molar refractivity (Wildman–Crippen MR) is 110 cm³/mol. The van der Waals surface area contributed by atoms with E-state index in [1.807, 2.05) is 42.5 Å². The minimum absolute atomic E-state index is 0.610. The fraction of sp³-hybridized carbons (Fsp3) is 0.0870. The molecule has 29 heavy (non-hydrogen) atoms. The number of aryl methyl sites for hydroxylation is 2. The van der Waals surface area contributed by atoms with Gasteiger partial charge in [-0.25, -0.2) is 0 Å². The lowest BCUT2D eigenvalue weighted by Gasteiger charge is -2.05. The van der Waals surface area contributed by atoms with E-state index in [0.29, 0.717) is 11.2 Å². The molecule has 2 aromatic carbocycles. The fourth-order valence-electron chi connectivity index (χ4n) is 3.43. The van der Waals surface area contributed by atoms with Crippen LogP contribution in [0.3, 0.4) is 0 Å². The summed E-state index contributed by atoms with van der Waals surface area (Å²) >= 11 is 0. The molecule has 0 atom stereocenters. The molecule has 0 bridgehead atoms. The first kappa shape index (κ1) is 17.0. The maximum absolute atomic E-state index is 9.14. The molecule has 0 aliphatic carbocycles. The van der Waals surface area contributed by atoms with Gasteiger partial charge in [0.1, 0.15) is 0 Å². The first-order valence-electron chi connectivity index (χ1n) is 9.36. The molecule has 0 saturated carbocycles. The largest absolute Gasteiger partial charge is 0.256 e. The summed E-state index contributed by atoms with van der Waals surface area (Å²) in [5.41, 5.74) is 5.22. The van der Waals surface area contributed by atoms with E-state index in [0.717, 1.165) is 40.8 Å². The van der Waals surface area contributed by atoms with Crippen LogP contribution in [-0.2, 0) is 12.8 Å². The molecule has 0 spiro atoms. The zero-order valence-corrected chi connectivity index (χ0v) is 15.5. The van der Waals surface area contributed by atoms with E-state index in [1.165, 1.54) is 5.56 Å². The van der Waals surface area contributed by atoms with Crippen molar-refractivity contribution < 1.29 is 0 Å². The SMILES string of the molecule is N#Cc1cccc(-c2ccc3nnc(CCc4ccc5ncccc5c4)n3n2)c1. The van der Waals surface area contributed by atoms with Crippen LogP contribution < -0.4 is 0 Å². The molecule has 0 radical (unpaired) electrons. The first-order chi connectivity index (χ1) is 14.3. The molecule has 6 nitrogen and oxygen atoms in total. The normalized spacial score (nSPS) is 11.0. The number of nitriles is 1. The minimum atomic E-state index is 0.610. The smallest absolute Gasteiger partial charge is 0.177 e. The van der Waals surface area contributed by atoms with Crippen molar-refractivity contribution in [1.29, 1.82) is 5.26 Å². The van der Waals surface area contributed by atoms with E-state index >= 15 is 0 Å². The van der Waals surface area contributed by atoms with Gasteiger partial charge >= 0.3 is 0 Å². The second-order valence-electron chi connectivity index (χ2n) is 6.83. The summed E-state index contributed by atoms with van der Waals surface area (Å²) in [4.78, 5) is 4.37. The number of fused-ring (bicyclic) bond motifs is 2. The topological polar surface area (TPSA) is 79.8 Å². The van der Waals surface area contributed by atoms with Crippen LogP contribution >= 0.6 is 0 Å². The summed E-state index contributed by atoms with van der Waals surface area (Å²) in [6.45, 7) is 0. The average Bonchev–Trinajstić information content (AvgIpc) is 3.20. The van der Waals surface area contributed by atoms with Gasteiger partial charge in [0.2, 0.25) is 0 Å². The highest BCUT2D eigenvalue weighted by molar-refractivity contribution is 5.78. The standard InChI is InChI=1S/C23H16N6/c24-15-17-3-1-4-19(14-17)21-9-11-23-27-26-22(29(23)28-21)10-7-16-6-8-20-18(13-16)5-2-12-25-20/h1-6,8-9,11-14H,7,10H2. The summed E-state index contributed by atoms with van der Waals surface area (Å²) in [7, 11) is 0. The van der Waals surface area contributed by atoms with E-state index in [2.05, 4.69) is 39.4 Å². The molecule has 5 rings (SSSR count). The second kappa shape index (κ2) is 7.13. The average molecular weight is 376 g/mol. The van der Waals surface area contributed by atoms with Crippen molar-refractivity contribution in [2.75, 3.05) is 0 Å². The van der Waals surface area contributed by atoms with Crippen molar-refractivity contribution in [3.05, 3.63) is 89.9 Å². The van der Waals surface area contributed by atoms with Crippen LogP contribution in [0.2, 0.25) is 0 Å². The number of hydrogen-bond donors (Lipinski definition) is 0. The summed E-state index contributed by atoms with van der Waals surface area (Å²) in [6, 6.07) is 23.7. The molecular weight excluding hydrogens is 360 g/mol. The number of pyridine rings is 1.